The number of likely N-dealkylation sites (N-methyl/N-ethyl adjacent to an activating group) is 1. The Kier molecular flexibility index (Phi) is 7.28. The highest BCUT2D eigenvalue weighted by molar-refractivity contribution is 4.84. The molecular weight excluding hydrogens is 252 g/mol. The molecular formula is C16H32N2O2. The number of rotatable bonds is 8. The molecule has 20 heavy (non-hydrogen) atoms. The molecule has 118 valence electrons. The van der Waals surface area contributed by atoms with E-state index in [4.69, 9.17) is 9.47 Å². The Morgan fingerprint density at radius 1 is 1.25 bits per heavy atom. The van der Waals surface area contributed by atoms with E-state index < -0.39 is 0 Å². The van der Waals surface area contributed by atoms with Gasteiger partial charge in [-0.15, -0.1) is 0 Å². The Labute approximate surface area is 124 Å². The number of nitrogens with one attached hydrogen (secondary N) is 1. The summed E-state index contributed by atoms with van der Waals surface area (Å²) in [5.74, 6) is 0. The third kappa shape index (κ3) is 4.99. The summed E-state index contributed by atoms with van der Waals surface area (Å²) in [4.78, 5) is 2.55. The lowest BCUT2D eigenvalue weighted by molar-refractivity contribution is -0.0493. The molecule has 2 aliphatic heterocycles. The molecule has 0 amide bonds. The number of hydrogen-bond acceptors (Lipinski definition) is 4. The van der Waals surface area contributed by atoms with E-state index in [1.165, 1.54) is 38.6 Å². The van der Waals surface area contributed by atoms with Crippen molar-refractivity contribution in [2.75, 3.05) is 39.4 Å². The van der Waals surface area contributed by atoms with Gasteiger partial charge in [-0.3, -0.25) is 4.90 Å². The summed E-state index contributed by atoms with van der Waals surface area (Å²) in [7, 11) is 0. The summed E-state index contributed by atoms with van der Waals surface area (Å²) in [6.07, 6.45) is 6.89. The Balaban J connectivity index is 1.79. The van der Waals surface area contributed by atoms with Crippen molar-refractivity contribution in [3.05, 3.63) is 0 Å². The van der Waals surface area contributed by atoms with Gasteiger partial charge in [0.25, 0.3) is 0 Å². The Hall–Kier alpha value is -0.160. The number of nitrogens with zero attached hydrogens (tertiary/aromatic N) is 1. The highest BCUT2D eigenvalue weighted by Gasteiger charge is 2.28. The van der Waals surface area contributed by atoms with E-state index >= 15 is 0 Å². The van der Waals surface area contributed by atoms with E-state index in [1.807, 2.05) is 0 Å². The molecule has 1 N–H and O–H groups in total. The van der Waals surface area contributed by atoms with Crippen molar-refractivity contribution in [2.24, 2.45) is 0 Å². The fourth-order valence-corrected chi connectivity index (χ4v) is 3.41. The molecule has 4 heteroatoms. The molecule has 3 unspecified atom stereocenters. The molecule has 0 aromatic rings. The van der Waals surface area contributed by atoms with Gasteiger partial charge in [-0.25, -0.2) is 0 Å². The summed E-state index contributed by atoms with van der Waals surface area (Å²) in [6.45, 7) is 10.7. The standard InChI is InChI=1S/C16H32N2O2/c1-3-9-18-10-12-20-16(13-18)15(17-4-2)8-7-14-6-5-11-19-14/h14-17H,3-13H2,1-2H3. The van der Waals surface area contributed by atoms with Crippen LogP contribution >= 0.6 is 0 Å². The van der Waals surface area contributed by atoms with Crippen LogP contribution in [0.2, 0.25) is 0 Å². The first-order chi connectivity index (χ1) is 9.83. The van der Waals surface area contributed by atoms with Gasteiger partial charge in [0.2, 0.25) is 0 Å². The maximum absolute atomic E-state index is 6.04. The average molecular weight is 284 g/mol. The van der Waals surface area contributed by atoms with Crippen LogP contribution in [0, 0.1) is 0 Å². The van der Waals surface area contributed by atoms with Crippen molar-refractivity contribution >= 4 is 0 Å². The molecule has 2 aliphatic rings. The highest BCUT2D eigenvalue weighted by atomic mass is 16.5. The van der Waals surface area contributed by atoms with Crippen molar-refractivity contribution < 1.29 is 9.47 Å². The van der Waals surface area contributed by atoms with Gasteiger partial charge < -0.3 is 14.8 Å². The van der Waals surface area contributed by atoms with Crippen molar-refractivity contribution in [2.45, 2.75) is 64.2 Å². The fourth-order valence-electron chi connectivity index (χ4n) is 3.41. The molecule has 0 bridgehead atoms. The van der Waals surface area contributed by atoms with Gasteiger partial charge in [-0.05, 0) is 45.2 Å². The lowest BCUT2D eigenvalue weighted by Gasteiger charge is -2.37. The van der Waals surface area contributed by atoms with Crippen molar-refractivity contribution in [1.29, 1.82) is 0 Å². The quantitative estimate of drug-likeness (QED) is 0.739. The van der Waals surface area contributed by atoms with Gasteiger partial charge in [-0.1, -0.05) is 13.8 Å². The first kappa shape index (κ1) is 16.2. The molecule has 2 fully saturated rings. The van der Waals surface area contributed by atoms with E-state index in [-0.39, 0.29) is 0 Å². The van der Waals surface area contributed by atoms with Crippen LogP contribution in [0.5, 0.6) is 0 Å². The first-order valence-corrected chi connectivity index (χ1v) is 8.52. The summed E-state index contributed by atoms with van der Waals surface area (Å²) in [6, 6.07) is 0.476. The molecule has 0 spiro atoms. The topological polar surface area (TPSA) is 33.7 Å². The van der Waals surface area contributed by atoms with Crippen molar-refractivity contribution in [3.8, 4) is 0 Å². The zero-order valence-corrected chi connectivity index (χ0v) is 13.3. The van der Waals surface area contributed by atoms with Gasteiger partial charge in [0.1, 0.15) is 0 Å². The third-order valence-electron chi connectivity index (χ3n) is 4.46. The zero-order chi connectivity index (χ0) is 14.2. The molecule has 2 saturated heterocycles. The van der Waals surface area contributed by atoms with Gasteiger partial charge in [0, 0.05) is 25.7 Å². The number of morpholine rings is 1. The Morgan fingerprint density at radius 3 is 2.85 bits per heavy atom. The lowest BCUT2D eigenvalue weighted by atomic mass is 10.00. The lowest BCUT2D eigenvalue weighted by Crippen LogP contribution is -2.52. The van der Waals surface area contributed by atoms with Crippen LogP contribution in [-0.4, -0.2) is 62.5 Å². The summed E-state index contributed by atoms with van der Waals surface area (Å²) in [5.41, 5.74) is 0. The molecule has 0 aromatic heterocycles. The Morgan fingerprint density at radius 2 is 2.15 bits per heavy atom. The number of hydrogen-bond donors (Lipinski definition) is 1. The second-order valence-corrected chi connectivity index (χ2v) is 6.09. The molecule has 2 heterocycles. The highest BCUT2D eigenvalue weighted by Crippen LogP contribution is 2.20. The van der Waals surface area contributed by atoms with Crippen LogP contribution < -0.4 is 5.32 Å². The molecule has 3 atom stereocenters. The normalized spacial score (nSPS) is 29.7. The molecule has 2 rings (SSSR count). The van der Waals surface area contributed by atoms with Gasteiger partial charge >= 0.3 is 0 Å². The largest absolute Gasteiger partial charge is 0.378 e. The van der Waals surface area contributed by atoms with Gasteiger partial charge in [-0.2, -0.15) is 0 Å². The molecule has 0 aliphatic carbocycles. The van der Waals surface area contributed by atoms with Gasteiger partial charge in [0.05, 0.1) is 18.8 Å². The van der Waals surface area contributed by atoms with Crippen LogP contribution in [0.3, 0.4) is 0 Å². The first-order valence-electron chi connectivity index (χ1n) is 8.52. The smallest absolute Gasteiger partial charge is 0.0855 e. The van der Waals surface area contributed by atoms with Gasteiger partial charge in [0.15, 0.2) is 0 Å². The average Bonchev–Trinajstić information content (AvgIpc) is 2.97. The maximum atomic E-state index is 6.04. The predicted molar refractivity (Wildman–Crippen MR) is 82.1 cm³/mol. The minimum Gasteiger partial charge on any atom is -0.378 e. The summed E-state index contributed by atoms with van der Waals surface area (Å²) in [5, 5.41) is 3.63. The maximum Gasteiger partial charge on any atom is 0.0855 e. The zero-order valence-electron chi connectivity index (χ0n) is 13.3. The predicted octanol–water partition coefficient (Wildman–Crippen LogP) is 2.03. The third-order valence-corrected chi connectivity index (χ3v) is 4.46. The van der Waals surface area contributed by atoms with E-state index in [0.717, 1.165) is 32.8 Å². The van der Waals surface area contributed by atoms with Crippen LogP contribution in [0.1, 0.15) is 46.0 Å². The van der Waals surface area contributed by atoms with E-state index in [1.54, 1.807) is 0 Å². The van der Waals surface area contributed by atoms with Crippen LogP contribution in [0.25, 0.3) is 0 Å². The second kappa shape index (κ2) is 8.98. The molecule has 4 nitrogen and oxygen atoms in total. The van der Waals surface area contributed by atoms with E-state index in [2.05, 4.69) is 24.1 Å². The minimum atomic E-state index is 0.344. The number of ether oxygens (including phenoxy) is 2. The molecule has 0 radical (unpaired) electrons. The SMILES string of the molecule is CCCN1CCOC(C(CCC2CCCO2)NCC)C1. The van der Waals surface area contributed by atoms with Crippen molar-refractivity contribution in [1.82, 2.24) is 10.2 Å². The minimum absolute atomic E-state index is 0.344. The van der Waals surface area contributed by atoms with E-state index in [9.17, 15) is 0 Å². The van der Waals surface area contributed by atoms with Crippen LogP contribution in [-0.2, 0) is 9.47 Å². The monoisotopic (exact) mass is 284 g/mol. The molecule has 0 aromatic carbocycles. The second-order valence-electron chi connectivity index (χ2n) is 6.09. The van der Waals surface area contributed by atoms with Crippen molar-refractivity contribution in [3.63, 3.8) is 0 Å². The van der Waals surface area contributed by atoms with E-state index in [0.29, 0.717) is 18.2 Å². The molecule has 0 saturated carbocycles. The van der Waals surface area contributed by atoms with Crippen LogP contribution in [0.15, 0.2) is 0 Å². The fraction of sp³-hybridized carbons (Fsp3) is 1.00. The summed E-state index contributed by atoms with van der Waals surface area (Å²) >= 11 is 0. The summed E-state index contributed by atoms with van der Waals surface area (Å²) < 4.78 is 11.8. The Bertz CT molecular complexity index is 255. The van der Waals surface area contributed by atoms with Crippen LogP contribution in [0.4, 0.5) is 0 Å².